The van der Waals surface area contributed by atoms with Gasteiger partial charge in [-0.25, -0.2) is 0 Å². The number of rotatable bonds is 41. The number of carbonyl (C=O) groups is 3. The number of hydrogen-bond donors (Lipinski definition) is 1. The Kier molecular flexibility index (Phi) is 39.7. The molecule has 0 aliphatic rings. The summed E-state index contributed by atoms with van der Waals surface area (Å²) in [5.41, 5.74) is 0. The monoisotopic (exact) mass is 755 g/mol. The first-order valence-corrected chi connectivity index (χ1v) is 21.9. The molecule has 0 rings (SSSR count). The molecule has 0 bridgehead atoms. The van der Waals surface area contributed by atoms with E-state index >= 15 is 0 Å². The van der Waals surface area contributed by atoms with Crippen molar-refractivity contribution in [1.29, 1.82) is 0 Å². The molecular weight excluding hydrogens is 672 g/mol. The van der Waals surface area contributed by atoms with Crippen molar-refractivity contribution in [1.82, 2.24) is 0 Å². The fourth-order valence-electron chi connectivity index (χ4n) is 5.87. The van der Waals surface area contributed by atoms with Crippen LogP contribution in [0.3, 0.4) is 0 Å². The lowest BCUT2D eigenvalue weighted by molar-refractivity contribution is -0.161. The van der Waals surface area contributed by atoms with Gasteiger partial charge in [0.05, 0.1) is 32.2 Å². The first kappa shape index (κ1) is 51.0. The van der Waals surface area contributed by atoms with Gasteiger partial charge in [-0.3, -0.25) is 14.4 Å². The highest BCUT2D eigenvalue weighted by molar-refractivity contribution is 5.70. The van der Waals surface area contributed by atoms with Gasteiger partial charge in [-0.2, -0.15) is 0 Å². The quantitative estimate of drug-likeness (QED) is 0.0214. The summed E-state index contributed by atoms with van der Waals surface area (Å²) in [7, 11) is 0. The SMILES string of the molecule is CCCCCC/C=C\COC(=O)CCCCCCCCCC(=O)OCC(CO)COC(=O)CCC(OCCCCCCCC)OCCCCCCCC. The van der Waals surface area contributed by atoms with Crippen molar-refractivity contribution in [2.75, 3.05) is 39.6 Å². The minimum atomic E-state index is -0.458. The standard InChI is InChI=1S/C44H82O9/c1-4-7-10-13-19-24-27-34-49-41(46)30-25-20-17-16-18-21-26-31-42(47)52-38-40(37-45)39-53-43(48)32-33-44(50-35-28-22-14-11-8-5-2)51-36-29-23-15-12-9-6-3/h24,27,40,44-45H,4-23,25-26,28-39H2,1-3H3/b27-24-. The summed E-state index contributed by atoms with van der Waals surface area (Å²) in [6.07, 6.45) is 31.9. The molecule has 0 amide bonds. The lowest BCUT2D eigenvalue weighted by Gasteiger charge is -2.19. The molecule has 0 aromatic rings. The van der Waals surface area contributed by atoms with E-state index in [1.54, 1.807) is 0 Å². The Morgan fingerprint density at radius 1 is 0.491 bits per heavy atom. The fraction of sp³-hybridized carbons (Fsp3) is 0.886. The Balaban J connectivity index is 4.04. The molecule has 53 heavy (non-hydrogen) atoms. The largest absolute Gasteiger partial charge is 0.465 e. The third-order valence-electron chi connectivity index (χ3n) is 9.40. The first-order chi connectivity index (χ1) is 26.0. The molecule has 1 unspecified atom stereocenters. The molecule has 0 aromatic carbocycles. The van der Waals surface area contributed by atoms with Gasteiger partial charge in [0.2, 0.25) is 0 Å². The fourth-order valence-corrected chi connectivity index (χ4v) is 5.87. The number of ether oxygens (including phenoxy) is 5. The van der Waals surface area contributed by atoms with Crippen molar-refractivity contribution >= 4 is 17.9 Å². The summed E-state index contributed by atoms with van der Waals surface area (Å²) in [5.74, 6) is -1.26. The van der Waals surface area contributed by atoms with E-state index in [1.165, 1.54) is 77.0 Å². The average Bonchev–Trinajstić information content (AvgIpc) is 3.16. The molecular formula is C44H82O9. The summed E-state index contributed by atoms with van der Waals surface area (Å²) in [5, 5.41) is 9.75. The predicted molar refractivity (Wildman–Crippen MR) is 215 cm³/mol. The molecule has 1 N–H and O–H groups in total. The Bertz CT molecular complexity index is 829. The van der Waals surface area contributed by atoms with Crippen LogP contribution in [0, 0.1) is 5.92 Å². The van der Waals surface area contributed by atoms with Gasteiger partial charge in [0.15, 0.2) is 6.29 Å². The third-order valence-corrected chi connectivity index (χ3v) is 9.40. The molecule has 0 aromatic heterocycles. The maximum absolute atomic E-state index is 12.5. The Morgan fingerprint density at radius 3 is 1.40 bits per heavy atom. The number of hydrogen-bond acceptors (Lipinski definition) is 9. The maximum atomic E-state index is 12.5. The summed E-state index contributed by atoms with van der Waals surface area (Å²) >= 11 is 0. The van der Waals surface area contributed by atoms with E-state index < -0.39 is 12.2 Å². The average molecular weight is 755 g/mol. The second-order valence-corrected chi connectivity index (χ2v) is 14.6. The van der Waals surface area contributed by atoms with E-state index in [4.69, 9.17) is 23.7 Å². The second-order valence-electron chi connectivity index (χ2n) is 14.6. The van der Waals surface area contributed by atoms with Gasteiger partial charge in [-0.15, -0.1) is 0 Å². The van der Waals surface area contributed by atoms with Gasteiger partial charge < -0.3 is 28.8 Å². The van der Waals surface area contributed by atoms with Gasteiger partial charge in [0.1, 0.15) is 6.61 Å². The van der Waals surface area contributed by atoms with Crippen LogP contribution in [0.2, 0.25) is 0 Å². The van der Waals surface area contributed by atoms with E-state index in [0.29, 0.717) is 39.1 Å². The normalized spacial score (nSPS) is 12.1. The molecule has 0 aliphatic carbocycles. The molecule has 0 heterocycles. The smallest absolute Gasteiger partial charge is 0.306 e. The van der Waals surface area contributed by atoms with Crippen molar-refractivity contribution in [3.63, 3.8) is 0 Å². The van der Waals surface area contributed by atoms with Crippen molar-refractivity contribution < 1.29 is 43.2 Å². The van der Waals surface area contributed by atoms with Crippen molar-refractivity contribution in [2.45, 2.75) is 207 Å². The molecule has 9 nitrogen and oxygen atoms in total. The minimum absolute atomic E-state index is 0.00151. The molecule has 0 spiro atoms. The molecule has 0 radical (unpaired) electrons. The number of aliphatic hydroxyl groups is 1. The molecule has 9 heteroatoms. The van der Waals surface area contributed by atoms with E-state index in [-0.39, 0.29) is 44.1 Å². The summed E-state index contributed by atoms with van der Waals surface area (Å²) in [6, 6.07) is 0. The second kappa shape index (κ2) is 41.2. The predicted octanol–water partition coefficient (Wildman–Crippen LogP) is 11.1. The van der Waals surface area contributed by atoms with Crippen LogP contribution in [0.1, 0.15) is 201 Å². The number of carbonyl (C=O) groups excluding carboxylic acids is 3. The van der Waals surface area contributed by atoms with Crippen molar-refractivity contribution in [3.05, 3.63) is 12.2 Å². The Morgan fingerprint density at radius 2 is 0.906 bits per heavy atom. The zero-order valence-electron chi connectivity index (χ0n) is 34.6. The summed E-state index contributed by atoms with van der Waals surface area (Å²) in [6.45, 7) is 8.03. The van der Waals surface area contributed by atoms with E-state index in [0.717, 1.165) is 77.0 Å². The van der Waals surface area contributed by atoms with E-state index in [2.05, 4.69) is 26.8 Å². The third kappa shape index (κ3) is 38.1. The van der Waals surface area contributed by atoms with Gasteiger partial charge in [-0.05, 0) is 38.5 Å². The lowest BCUT2D eigenvalue weighted by Crippen LogP contribution is -2.25. The van der Waals surface area contributed by atoms with Crippen LogP contribution in [0.15, 0.2) is 12.2 Å². The molecule has 0 aliphatic heterocycles. The first-order valence-electron chi connectivity index (χ1n) is 21.9. The Hall–Kier alpha value is -1.97. The highest BCUT2D eigenvalue weighted by atomic mass is 16.7. The highest BCUT2D eigenvalue weighted by Gasteiger charge is 2.17. The molecule has 312 valence electrons. The number of esters is 3. The van der Waals surface area contributed by atoms with Crippen LogP contribution in [-0.4, -0.2) is 68.9 Å². The van der Waals surface area contributed by atoms with Gasteiger partial charge >= 0.3 is 17.9 Å². The number of aliphatic hydroxyl groups excluding tert-OH is 1. The van der Waals surface area contributed by atoms with Crippen LogP contribution in [0.25, 0.3) is 0 Å². The van der Waals surface area contributed by atoms with Crippen LogP contribution in [0.5, 0.6) is 0 Å². The molecule has 0 fully saturated rings. The zero-order valence-corrected chi connectivity index (χ0v) is 34.6. The molecule has 0 saturated carbocycles. The van der Waals surface area contributed by atoms with Gasteiger partial charge in [0.25, 0.3) is 0 Å². The van der Waals surface area contributed by atoms with Crippen LogP contribution < -0.4 is 0 Å². The zero-order chi connectivity index (χ0) is 38.9. The maximum Gasteiger partial charge on any atom is 0.306 e. The molecule has 1 atom stereocenters. The number of unbranched alkanes of at least 4 members (excludes halogenated alkanes) is 20. The van der Waals surface area contributed by atoms with Gasteiger partial charge in [0, 0.05) is 32.5 Å². The Labute approximate surface area is 325 Å². The highest BCUT2D eigenvalue weighted by Crippen LogP contribution is 2.14. The number of allylic oxidation sites excluding steroid dienone is 1. The van der Waals surface area contributed by atoms with Crippen LogP contribution in [0.4, 0.5) is 0 Å². The summed E-state index contributed by atoms with van der Waals surface area (Å²) < 4.78 is 28.1. The van der Waals surface area contributed by atoms with Crippen molar-refractivity contribution in [2.24, 2.45) is 5.92 Å². The minimum Gasteiger partial charge on any atom is -0.465 e. The van der Waals surface area contributed by atoms with Crippen molar-refractivity contribution in [3.8, 4) is 0 Å². The van der Waals surface area contributed by atoms with Crippen LogP contribution in [-0.2, 0) is 38.1 Å². The van der Waals surface area contributed by atoms with E-state index in [1.807, 2.05) is 6.08 Å². The van der Waals surface area contributed by atoms with Gasteiger partial charge in [-0.1, -0.05) is 148 Å². The lowest BCUT2D eigenvalue weighted by atomic mass is 10.1. The van der Waals surface area contributed by atoms with Crippen LogP contribution >= 0.6 is 0 Å². The topological polar surface area (TPSA) is 118 Å². The van der Waals surface area contributed by atoms with E-state index in [9.17, 15) is 19.5 Å². The summed E-state index contributed by atoms with van der Waals surface area (Å²) in [4.78, 5) is 36.6. The molecule has 0 saturated heterocycles.